The van der Waals surface area contributed by atoms with Gasteiger partial charge in [0, 0.05) is 43.8 Å². The van der Waals surface area contributed by atoms with Crippen LogP contribution in [0.3, 0.4) is 0 Å². The van der Waals surface area contributed by atoms with E-state index in [-0.39, 0.29) is 11.7 Å². The van der Waals surface area contributed by atoms with E-state index in [1.807, 2.05) is 61.0 Å². The summed E-state index contributed by atoms with van der Waals surface area (Å²) < 4.78 is 29.1. The molecule has 0 unspecified atom stereocenters. The standard InChI is InChI=1S/C32H38N4O4S/c1-4-25-21-36-14-15-41(39,40)35(3)29-18-26(17-27(25)31(29)36)32(38)34-28(16-23-8-6-5-7-9-23)30(37)20-33-19-24-12-10-22(2)11-13-24/h5-13,17-18,21,28,30,33,37H,4,14-16,19-20H2,1-3H3,(H,34,38)/t28-,30+/m0/s1. The van der Waals surface area contributed by atoms with E-state index in [1.54, 1.807) is 13.1 Å². The van der Waals surface area contributed by atoms with Crippen LogP contribution in [0.25, 0.3) is 10.9 Å². The molecule has 0 saturated carbocycles. The van der Waals surface area contributed by atoms with E-state index in [1.165, 1.54) is 9.87 Å². The van der Waals surface area contributed by atoms with Gasteiger partial charge >= 0.3 is 0 Å². The quantitative estimate of drug-likeness (QED) is 0.268. The number of benzene rings is 3. The van der Waals surface area contributed by atoms with Crippen molar-refractivity contribution in [1.82, 2.24) is 15.2 Å². The normalized spacial score (nSPS) is 15.9. The zero-order chi connectivity index (χ0) is 29.1. The maximum atomic E-state index is 13.7. The lowest BCUT2D eigenvalue weighted by molar-refractivity contribution is 0.0830. The number of nitrogens with zero attached hydrogens (tertiary/aromatic N) is 2. The highest BCUT2D eigenvalue weighted by atomic mass is 32.2. The first-order valence-corrected chi connectivity index (χ1v) is 15.7. The Labute approximate surface area is 242 Å². The topological polar surface area (TPSA) is 104 Å². The molecule has 4 aromatic rings. The third-order valence-electron chi connectivity index (χ3n) is 7.91. The van der Waals surface area contributed by atoms with Crippen LogP contribution in [0.1, 0.15) is 39.5 Å². The molecule has 1 amide bonds. The van der Waals surface area contributed by atoms with Gasteiger partial charge in [0.25, 0.3) is 5.91 Å². The van der Waals surface area contributed by atoms with Gasteiger partial charge in [-0.1, -0.05) is 67.1 Å². The number of aromatic nitrogens is 1. The van der Waals surface area contributed by atoms with Gasteiger partial charge in [-0.2, -0.15) is 0 Å². The Hall–Kier alpha value is -3.66. The van der Waals surface area contributed by atoms with Crippen LogP contribution in [0.4, 0.5) is 5.69 Å². The van der Waals surface area contributed by atoms with Crippen LogP contribution in [0.15, 0.2) is 72.9 Å². The van der Waals surface area contributed by atoms with E-state index in [0.29, 0.717) is 37.3 Å². The van der Waals surface area contributed by atoms with E-state index in [2.05, 4.69) is 34.9 Å². The molecule has 9 heteroatoms. The van der Waals surface area contributed by atoms with Crippen molar-refractivity contribution in [2.75, 3.05) is 23.7 Å². The van der Waals surface area contributed by atoms with E-state index >= 15 is 0 Å². The Bertz CT molecular complexity index is 1630. The molecule has 2 heterocycles. The van der Waals surface area contributed by atoms with Gasteiger partial charge in [-0.05, 0) is 48.6 Å². The van der Waals surface area contributed by atoms with Crippen molar-refractivity contribution in [2.24, 2.45) is 0 Å². The fourth-order valence-electron chi connectivity index (χ4n) is 5.43. The molecule has 0 fully saturated rings. The van der Waals surface area contributed by atoms with Crippen molar-refractivity contribution in [3.63, 3.8) is 0 Å². The van der Waals surface area contributed by atoms with Crippen molar-refractivity contribution >= 4 is 32.5 Å². The third-order valence-corrected chi connectivity index (χ3v) is 9.64. The minimum atomic E-state index is -3.52. The Balaban J connectivity index is 1.41. The SMILES string of the molecule is CCc1cn2c3c(cc(C(=O)N[C@@H](Cc4ccccc4)[C@H](O)CNCc4ccc(C)cc4)cc13)N(C)S(=O)(=O)CC2. The van der Waals surface area contributed by atoms with Crippen LogP contribution in [0, 0.1) is 6.92 Å². The summed E-state index contributed by atoms with van der Waals surface area (Å²) in [6.45, 7) is 5.35. The molecule has 0 saturated heterocycles. The van der Waals surface area contributed by atoms with Crippen molar-refractivity contribution < 1.29 is 18.3 Å². The molecule has 0 bridgehead atoms. The predicted octanol–water partition coefficient (Wildman–Crippen LogP) is 3.78. The molecule has 1 aliphatic heterocycles. The van der Waals surface area contributed by atoms with Gasteiger partial charge in [0.1, 0.15) is 0 Å². The smallest absolute Gasteiger partial charge is 0.251 e. The lowest BCUT2D eigenvalue weighted by Crippen LogP contribution is -2.48. The highest BCUT2D eigenvalue weighted by Gasteiger charge is 2.29. The molecule has 1 aliphatic rings. The molecular weight excluding hydrogens is 536 g/mol. The summed E-state index contributed by atoms with van der Waals surface area (Å²) in [6.07, 6.45) is 2.34. The molecule has 0 radical (unpaired) electrons. The first-order valence-electron chi connectivity index (χ1n) is 14.1. The minimum absolute atomic E-state index is 0.00637. The highest BCUT2D eigenvalue weighted by molar-refractivity contribution is 7.92. The number of aliphatic hydroxyl groups is 1. The van der Waals surface area contributed by atoms with Gasteiger partial charge in [0.05, 0.1) is 29.1 Å². The summed E-state index contributed by atoms with van der Waals surface area (Å²) in [6, 6.07) is 20.9. The van der Waals surface area contributed by atoms with Crippen LogP contribution in [0.5, 0.6) is 0 Å². The minimum Gasteiger partial charge on any atom is -0.390 e. The van der Waals surface area contributed by atoms with Crippen LogP contribution in [0.2, 0.25) is 0 Å². The second kappa shape index (κ2) is 12.1. The summed E-state index contributed by atoms with van der Waals surface area (Å²) >= 11 is 0. The van der Waals surface area contributed by atoms with Crippen molar-refractivity contribution in [3.05, 3.63) is 101 Å². The number of anilines is 1. The molecule has 5 rings (SSSR count). The molecular formula is C32H38N4O4S. The van der Waals surface area contributed by atoms with Crippen LogP contribution in [-0.4, -0.2) is 55.5 Å². The largest absolute Gasteiger partial charge is 0.390 e. The molecule has 3 N–H and O–H groups in total. The van der Waals surface area contributed by atoms with Gasteiger partial charge in [0.15, 0.2) is 0 Å². The Morgan fingerprint density at radius 1 is 1.05 bits per heavy atom. The summed E-state index contributed by atoms with van der Waals surface area (Å²) in [5, 5.41) is 18.5. The van der Waals surface area contributed by atoms with Gasteiger partial charge in [-0.25, -0.2) is 8.42 Å². The fraction of sp³-hybridized carbons (Fsp3) is 0.344. The monoisotopic (exact) mass is 574 g/mol. The number of aliphatic hydroxyl groups excluding tert-OH is 1. The van der Waals surface area contributed by atoms with Crippen molar-refractivity contribution in [1.29, 1.82) is 0 Å². The number of hydrogen-bond donors (Lipinski definition) is 3. The van der Waals surface area contributed by atoms with Gasteiger partial charge in [-0.15, -0.1) is 0 Å². The number of carbonyl (C=O) groups excluding carboxylic acids is 1. The summed E-state index contributed by atoms with van der Waals surface area (Å²) in [4.78, 5) is 13.7. The number of rotatable bonds is 10. The van der Waals surface area contributed by atoms with E-state index in [9.17, 15) is 18.3 Å². The zero-order valence-electron chi connectivity index (χ0n) is 23.8. The Morgan fingerprint density at radius 3 is 2.49 bits per heavy atom. The first kappa shape index (κ1) is 28.9. The molecule has 3 aromatic carbocycles. The Morgan fingerprint density at radius 2 is 1.78 bits per heavy atom. The second-order valence-electron chi connectivity index (χ2n) is 10.8. The number of nitrogens with one attached hydrogen (secondary N) is 2. The number of carbonyl (C=O) groups is 1. The molecule has 0 aliphatic carbocycles. The maximum absolute atomic E-state index is 13.7. The maximum Gasteiger partial charge on any atom is 0.251 e. The molecule has 1 aromatic heterocycles. The number of aryl methyl sites for hydroxylation is 3. The van der Waals surface area contributed by atoms with E-state index < -0.39 is 22.2 Å². The second-order valence-corrected chi connectivity index (χ2v) is 12.9. The number of amides is 1. The Kier molecular flexibility index (Phi) is 8.49. The number of hydrogen-bond acceptors (Lipinski definition) is 5. The molecule has 2 atom stereocenters. The van der Waals surface area contributed by atoms with E-state index in [0.717, 1.165) is 34.0 Å². The third kappa shape index (κ3) is 6.32. The lowest BCUT2D eigenvalue weighted by Gasteiger charge is -2.25. The first-order chi connectivity index (χ1) is 19.7. The highest BCUT2D eigenvalue weighted by Crippen LogP contribution is 2.35. The van der Waals surface area contributed by atoms with Crippen molar-refractivity contribution in [3.8, 4) is 0 Å². The average Bonchev–Trinajstić information content (AvgIpc) is 3.30. The summed E-state index contributed by atoms with van der Waals surface area (Å²) in [7, 11) is -1.98. The summed E-state index contributed by atoms with van der Waals surface area (Å²) in [5.41, 5.74) is 6.03. The number of sulfonamides is 1. The van der Waals surface area contributed by atoms with Crippen LogP contribution < -0.4 is 14.9 Å². The molecule has 0 spiro atoms. The van der Waals surface area contributed by atoms with Crippen molar-refractivity contribution in [2.45, 2.75) is 51.9 Å². The molecule has 41 heavy (non-hydrogen) atoms. The average molecular weight is 575 g/mol. The lowest BCUT2D eigenvalue weighted by atomic mass is 9.99. The van der Waals surface area contributed by atoms with Gasteiger partial charge < -0.3 is 20.3 Å². The van der Waals surface area contributed by atoms with Gasteiger partial charge in [0.2, 0.25) is 10.0 Å². The predicted molar refractivity (Wildman–Crippen MR) is 164 cm³/mol. The zero-order valence-corrected chi connectivity index (χ0v) is 24.6. The van der Waals surface area contributed by atoms with Crippen LogP contribution in [-0.2, 0) is 36.0 Å². The van der Waals surface area contributed by atoms with Gasteiger partial charge in [-0.3, -0.25) is 9.10 Å². The fourth-order valence-corrected chi connectivity index (χ4v) is 6.57. The van der Waals surface area contributed by atoms with E-state index in [4.69, 9.17) is 0 Å². The summed E-state index contributed by atoms with van der Waals surface area (Å²) in [5.74, 6) is -0.361. The molecule has 216 valence electrons. The van der Waals surface area contributed by atoms with Crippen LogP contribution >= 0.6 is 0 Å². The molecule has 8 nitrogen and oxygen atoms in total.